The van der Waals surface area contributed by atoms with Crippen LogP contribution >= 0.6 is 23.4 Å². The minimum Gasteiger partial charge on any atom is -0.468 e. The van der Waals surface area contributed by atoms with Gasteiger partial charge in [0, 0.05) is 15.5 Å². The van der Waals surface area contributed by atoms with Crippen molar-refractivity contribution in [2.75, 3.05) is 12.9 Å². The molecule has 0 aromatic heterocycles. The van der Waals surface area contributed by atoms with Gasteiger partial charge in [0.2, 0.25) is 0 Å². The van der Waals surface area contributed by atoms with Crippen molar-refractivity contribution in [1.29, 1.82) is 0 Å². The zero-order valence-corrected chi connectivity index (χ0v) is 9.77. The van der Waals surface area contributed by atoms with Crippen molar-refractivity contribution < 1.29 is 14.6 Å². The zero-order chi connectivity index (χ0) is 11.3. The molecule has 1 aromatic rings. The van der Waals surface area contributed by atoms with Gasteiger partial charge in [0.15, 0.2) is 0 Å². The van der Waals surface area contributed by atoms with Crippen molar-refractivity contribution >= 4 is 29.3 Å². The predicted octanol–water partition coefficient (Wildman–Crippen LogP) is 2.10. The normalized spacial score (nSPS) is 10.1. The molecule has 0 spiro atoms. The maximum absolute atomic E-state index is 10.9. The molecule has 0 atom stereocenters. The van der Waals surface area contributed by atoms with E-state index in [9.17, 15) is 4.79 Å². The Balaban J connectivity index is 2.76. The van der Waals surface area contributed by atoms with Crippen LogP contribution in [0.1, 0.15) is 5.56 Å². The number of aliphatic hydroxyl groups is 1. The van der Waals surface area contributed by atoms with Crippen molar-refractivity contribution in [3.63, 3.8) is 0 Å². The minimum atomic E-state index is -0.302. The van der Waals surface area contributed by atoms with Gasteiger partial charge < -0.3 is 9.84 Å². The van der Waals surface area contributed by atoms with Crippen LogP contribution in [0, 0.1) is 0 Å². The number of hydrogen-bond donors (Lipinski definition) is 1. The fraction of sp³-hybridized carbons (Fsp3) is 0.300. The summed E-state index contributed by atoms with van der Waals surface area (Å²) >= 11 is 7.19. The molecule has 0 saturated carbocycles. The standard InChI is InChI=1S/C10H11ClO3S/c1-14-10(13)6-15-9-4-2-3-8(11)7(9)5-12/h2-4,12H,5-6H2,1H3. The minimum absolute atomic E-state index is 0.136. The van der Waals surface area contributed by atoms with Crippen LogP contribution < -0.4 is 0 Å². The highest BCUT2D eigenvalue weighted by Crippen LogP contribution is 2.28. The second-order valence-electron chi connectivity index (χ2n) is 2.74. The second-order valence-corrected chi connectivity index (χ2v) is 4.16. The molecular weight excluding hydrogens is 236 g/mol. The van der Waals surface area contributed by atoms with Gasteiger partial charge in [-0.3, -0.25) is 4.79 Å². The summed E-state index contributed by atoms with van der Waals surface area (Å²) in [6.07, 6.45) is 0. The van der Waals surface area contributed by atoms with Gasteiger partial charge in [0.05, 0.1) is 19.5 Å². The Morgan fingerprint density at radius 3 is 2.93 bits per heavy atom. The van der Waals surface area contributed by atoms with Gasteiger partial charge in [0.25, 0.3) is 0 Å². The first-order chi connectivity index (χ1) is 7.19. The van der Waals surface area contributed by atoms with E-state index in [0.717, 1.165) is 4.90 Å². The third-order valence-electron chi connectivity index (χ3n) is 1.81. The number of esters is 1. The molecule has 1 aromatic carbocycles. The van der Waals surface area contributed by atoms with Crippen LogP contribution in [0.15, 0.2) is 23.1 Å². The Morgan fingerprint density at radius 2 is 2.33 bits per heavy atom. The average molecular weight is 247 g/mol. The molecular formula is C10H11ClO3S. The van der Waals surface area contributed by atoms with E-state index >= 15 is 0 Å². The van der Waals surface area contributed by atoms with E-state index in [2.05, 4.69) is 4.74 Å². The molecule has 0 amide bonds. The fourth-order valence-electron chi connectivity index (χ4n) is 1.02. The number of methoxy groups -OCH3 is 1. The summed E-state index contributed by atoms with van der Waals surface area (Å²) in [6.45, 7) is -0.136. The van der Waals surface area contributed by atoms with E-state index in [4.69, 9.17) is 16.7 Å². The molecule has 0 saturated heterocycles. The molecule has 1 N–H and O–H groups in total. The highest BCUT2D eigenvalue weighted by Gasteiger charge is 2.08. The molecule has 5 heteroatoms. The summed E-state index contributed by atoms with van der Waals surface area (Å²) < 4.78 is 4.52. The molecule has 0 heterocycles. The van der Waals surface area contributed by atoms with Crippen molar-refractivity contribution in [2.24, 2.45) is 0 Å². The van der Waals surface area contributed by atoms with Crippen molar-refractivity contribution in [1.82, 2.24) is 0 Å². The molecule has 0 aliphatic carbocycles. The second kappa shape index (κ2) is 6.00. The van der Waals surface area contributed by atoms with E-state index in [1.54, 1.807) is 12.1 Å². The summed E-state index contributed by atoms with van der Waals surface area (Å²) in [4.78, 5) is 11.7. The lowest BCUT2D eigenvalue weighted by atomic mass is 10.2. The lowest BCUT2D eigenvalue weighted by Gasteiger charge is -2.07. The van der Waals surface area contributed by atoms with Gasteiger partial charge in [-0.25, -0.2) is 0 Å². The van der Waals surface area contributed by atoms with Crippen LogP contribution in [-0.4, -0.2) is 23.9 Å². The Labute approximate surface area is 97.4 Å². The zero-order valence-electron chi connectivity index (χ0n) is 8.20. The molecule has 15 heavy (non-hydrogen) atoms. The first-order valence-electron chi connectivity index (χ1n) is 4.27. The van der Waals surface area contributed by atoms with Gasteiger partial charge in [-0.15, -0.1) is 11.8 Å². The van der Waals surface area contributed by atoms with E-state index in [0.29, 0.717) is 10.6 Å². The molecule has 82 valence electrons. The average Bonchev–Trinajstić information content (AvgIpc) is 2.25. The van der Waals surface area contributed by atoms with Crippen LogP contribution in [0.4, 0.5) is 0 Å². The SMILES string of the molecule is COC(=O)CSc1cccc(Cl)c1CO. The molecule has 0 unspecified atom stereocenters. The first kappa shape index (κ1) is 12.4. The molecule has 1 rings (SSSR count). The number of carbonyl (C=O) groups excluding carboxylic acids is 1. The van der Waals surface area contributed by atoms with Crippen molar-refractivity contribution in [2.45, 2.75) is 11.5 Å². The Hall–Kier alpha value is -0.710. The van der Waals surface area contributed by atoms with Crippen LogP contribution in [0.3, 0.4) is 0 Å². The number of carbonyl (C=O) groups is 1. The summed E-state index contributed by atoms with van der Waals surface area (Å²) in [5.74, 6) is -0.0898. The van der Waals surface area contributed by atoms with Gasteiger partial charge in [-0.2, -0.15) is 0 Å². The highest BCUT2D eigenvalue weighted by atomic mass is 35.5. The molecule has 0 fully saturated rings. The predicted molar refractivity (Wildman–Crippen MR) is 60.1 cm³/mol. The highest BCUT2D eigenvalue weighted by molar-refractivity contribution is 8.00. The topological polar surface area (TPSA) is 46.5 Å². The van der Waals surface area contributed by atoms with E-state index in [-0.39, 0.29) is 18.3 Å². The van der Waals surface area contributed by atoms with Crippen LogP contribution in [0.5, 0.6) is 0 Å². The van der Waals surface area contributed by atoms with Crippen LogP contribution in [0.25, 0.3) is 0 Å². The van der Waals surface area contributed by atoms with E-state index < -0.39 is 0 Å². The maximum atomic E-state index is 10.9. The van der Waals surface area contributed by atoms with E-state index in [1.165, 1.54) is 18.9 Å². The Kier molecular flexibility index (Phi) is 4.94. The summed E-state index contributed by atoms with van der Waals surface area (Å²) in [6, 6.07) is 5.29. The molecule has 0 radical (unpaired) electrons. The molecule has 3 nitrogen and oxygen atoms in total. The van der Waals surface area contributed by atoms with Gasteiger partial charge >= 0.3 is 5.97 Å². The van der Waals surface area contributed by atoms with Crippen LogP contribution in [-0.2, 0) is 16.1 Å². The lowest BCUT2D eigenvalue weighted by molar-refractivity contribution is -0.137. The van der Waals surface area contributed by atoms with Gasteiger partial charge in [-0.1, -0.05) is 17.7 Å². The van der Waals surface area contributed by atoms with Crippen LogP contribution in [0.2, 0.25) is 5.02 Å². The maximum Gasteiger partial charge on any atom is 0.315 e. The smallest absolute Gasteiger partial charge is 0.315 e. The third kappa shape index (κ3) is 3.41. The van der Waals surface area contributed by atoms with Crippen molar-refractivity contribution in [3.8, 4) is 0 Å². The molecule has 0 aliphatic rings. The largest absolute Gasteiger partial charge is 0.468 e. The van der Waals surface area contributed by atoms with Gasteiger partial charge in [0.1, 0.15) is 0 Å². The number of benzene rings is 1. The Morgan fingerprint density at radius 1 is 1.60 bits per heavy atom. The number of ether oxygens (including phenoxy) is 1. The lowest BCUT2D eigenvalue weighted by Crippen LogP contribution is -2.03. The summed E-state index contributed by atoms with van der Waals surface area (Å²) in [5, 5.41) is 9.61. The summed E-state index contributed by atoms with van der Waals surface area (Å²) in [7, 11) is 1.34. The number of hydrogen-bond acceptors (Lipinski definition) is 4. The first-order valence-corrected chi connectivity index (χ1v) is 5.63. The molecule has 0 bridgehead atoms. The third-order valence-corrected chi connectivity index (χ3v) is 3.23. The van der Waals surface area contributed by atoms with Crippen molar-refractivity contribution in [3.05, 3.63) is 28.8 Å². The fourth-order valence-corrected chi connectivity index (χ4v) is 2.23. The van der Waals surface area contributed by atoms with E-state index in [1.807, 2.05) is 6.07 Å². The number of halogens is 1. The monoisotopic (exact) mass is 246 g/mol. The number of thioether (sulfide) groups is 1. The number of rotatable bonds is 4. The Bertz CT molecular complexity index is 355. The summed E-state index contributed by atoms with van der Waals surface area (Å²) in [5.41, 5.74) is 0.646. The number of aliphatic hydroxyl groups excluding tert-OH is 1. The molecule has 0 aliphatic heterocycles. The quantitative estimate of drug-likeness (QED) is 0.653. The van der Waals surface area contributed by atoms with Gasteiger partial charge in [-0.05, 0) is 12.1 Å².